The number of carbonyl (C=O) groups is 1. The van der Waals surface area contributed by atoms with Crippen LogP contribution in [0.4, 0.5) is 0 Å². The third-order valence-corrected chi connectivity index (χ3v) is 5.89. The fourth-order valence-corrected chi connectivity index (χ4v) is 4.32. The Morgan fingerprint density at radius 2 is 1.62 bits per heavy atom. The molecule has 0 spiro atoms. The van der Waals surface area contributed by atoms with Crippen molar-refractivity contribution in [3.05, 3.63) is 59.8 Å². The summed E-state index contributed by atoms with van der Waals surface area (Å²) in [5.74, 6) is 1.26. The van der Waals surface area contributed by atoms with Crippen molar-refractivity contribution in [3.63, 3.8) is 0 Å². The molecule has 3 heterocycles. The molecule has 0 saturated carbocycles. The number of hydrogen-bond acceptors (Lipinski definition) is 4. The lowest BCUT2D eigenvalue weighted by atomic mass is 10.1. The first-order valence-corrected chi connectivity index (χ1v) is 10.3. The van der Waals surface area contributed by atoms with Gasteiger partial charge in [-0.3, -0.25) is 4.79 Å². The SMILES string of the molecule is O=C1CCN(CCn2c(-c3ccccc3)nc3c(Cl)nc4ccccc4c32)CC1. The predicted octanol–water partition coefficient (Wildman–Crippen LogP) is 4.57. The molecular weight excluding hydrogens is 384 g/mol. The number of aromatic nitrogens is 3. The second-order valence-corrected chi connectivity index (χ2v) is 7.81. The number of piperidine rings is 1. The molecule has 0 atom stereocenters. The van der Waals surface area contributed by atoms with Crippen LogP contribution in [0.5, 0.6) is 0 Å². The Hall–Kier alpha value is -2.76. The van der Waals surface area contributed by atoms with Gasteiger partial charge < -0.3 is 9.47 Å². The van der Waals surface area contributed by atoms with E-state index in [-0.39, 0.29) is 0 Å². The van der Waals surface area contributed by atoms with Crippen LogP contribution in [0.2, 0.25) is 5.15 Å². The van der Waals surface area contributed by atoms with E-state index in [1.165, 1.54) is 0 Å². The third kappa shape index (κ3) is 3.41. The number of fused-ring (bicyclic) bond motifs is 3. The van der Waals surface area contributed by atoms with Gasteiger partial charge in [0.25, 0.3) is 0 Å². The molecule has 1 saturated heterocycles. The summed E-state index contributed by atoms with van der Waals surface area (Å²) in [5.41, 5.74) is 3.68. The second kappa shape index (κ2) is 7.58. The minimum Gasteiger partial charge on any atom is -0.322 e. The third-order valence-electron chi connectivity index (χ3n) is 5.63. The van der Waals surface area contributed by atoms with Crippen molar-refractivity contribution in [2.45, 2.75) is 19.4 Å². The largest absolute Gasteiger partial charge is 0.322 e. The summed E-state index contributed by atoms with van der Waals surface area (Å²) >= 11 is 6.54. The molecule has 2 aromatic carbocycles. The van der Waals surface area contributed by atoms with Crippen LogP contribution in [0.15, 0.2) is 54.6 Å². The van der Waals surface area contributed by atoms with Gasteiger partial charge in [0.1, 0.15) is 17.1 Å². The minimum absolute atomic E-state index is 0.364. The number of carbonyl (C=O) groups excluding carboxylic acids is 1. The first kappa shape index (κ1) is 18.3. The smallest absolute Gasteiger partial charge is 0.157 e. The van der Waals surface area contributed by atoms with Gasteiger partial charge in [0, 0.05) is 50.0 Å². The van der Waals surface area contributed by atoms with Crippen LogP contribution in [0, 0.1) is 0 Å². The molecule has 5 nitrogen and oxygen atoms in total. The fraction of sp³-hybridized carbons (Fsp3) is 0.261. The van der Waals surface area contributed by atoms with E-state index in [0.29, 0.717) is 23.8 Å². The summed E-state index contributed by atoms with van der Waals surface area (Å²) in [5, 5.41) is 1.48. The molecule has 1 aliphatic rings. The van der Waals surface area contributed by atoms with E-state index < -0.39 is 0 Å². The van der Waals surface area contributed by atoms with Gasteiger partial charge in [0.05, 0.1) is 11.0 Å². The van der Waals surface area contributed by atoms with Crippen molar-refractivity contribution in [2.24, 2.45) is 0 Å². The van der Waals surface area contributed by atoms with Gasteiger partial charge >= 0.3 is 0 Å². The van der Waals surface area contributed by atoms with E-state index in [1.807, 2.05) is 36.4 Å². The first-order valence-electron chi connectivity index (χ1n) is 9.94. The van der Waals surface area contributed by atoms with Gasteiger partial charge in [-0.1, -0.05) is 60.1 Å². The lowest BCUT2D eigenvalue weighted by Gasteiger charge is -2.26. The molecule has 1 aliphatic heterocycles. The van der Waals surface area contributed by atoms with Crippen LogP contribution in [-0.4, -0.2) is 44.9 Å². The summed E-state index contributed by atoms with van der Waals surface area (Å²) < 4.78 is 2.26. The number of Topliss-reactive ketones (excluding diaryl/α,β-unsaturated/α-hetero) is 1. The van der Waals surface area contributed by atoms with Gasteiger partial charge in [0.15, 0.2) is 5.15 Å². The van der Waals surface area contributed by atoms with Crippen molar-refractivity contribution < 1.29 is 4.79 Å². The molecule has 146 valence electrons. The molecule has 0 bridgehead atoms. The number of hydrogen-bond donors (Lipinski definition) is 0. The Morgan fingerprint density at radius 3 is 2.41 bits per heavy atom. The first-order chi connectivity index (χ1) is 14.2. The van der Waals surface area contributed by atoms with Crippen molar-refractivity contribution in [3.8, 4) is 11.4 Å². The van der Waals surface area contributed by atoms with E-state index in [1.54, 1.807) is 0 Å². The van der Waals surface area contributed by atoms with Crippen molar-refractivity contribution in [2.75, 3.05) is 19.6 Å². The number of nitrogens with zero attached hydrogens (tertiary/aromatic N) is 4. The average molecular weight is 405 g/mol. The van der Waals surface area contributed by atoms with Gasteiger partial charge in [0.2, 0.25) is 0 Å². The molecule has 0 amide bonds. The molecule has 29 heavy (non-hydrogen) atoms. The Morgan fingerprint density at radius 1 is 0.897 bits per heavy atom. The molecule has 5 rings (SSSR count). The van der Waals surface area contributed by atoms with Gasteiger partial charge in [-0.15, -0.1) is 0 Å². The minimum atomic E-state index is 0.364. The van der Waals surface area contributed by atoms with Gasteiger partial charge in [-0.25, -0.2) is 9.97 Å². The zero-order chi connectivity index (χ0) is 19.8. The number of pyridine rings is 1. The van der Waals surface area contributed by atoms with E-state index in [2.05, 4.69) is 32.7 Å². The molecule has 6 heteroatoms. The highest BCUT2D eigenvalue weighted by molar-refractivity contribution is 6.35. The molecule has 0 aliphatic carbocycles. The van der Waals surface area contributed by atoms with E-state index in [4.69, 9.17) is 16.6 Å². The van der Waals surface area contributed by atoms with Gasteiger partial charge in [-0.05, 0) is 6.07 Å². The Bertz CT molecular complexity index is 1190. The quantitative estimate of drug-likeness (QED) is 0.467. The lowest BCUT2D eigenvalue weighted by Crippen LogP contribution is -2.36. The monoisotopic (exact) mass is 404 g/mol. The van der Waals surface area contributed by atoms with Gasteiger partial charge in [-0.2, -0.15) is 0 Å². The standard InChI is InChI=1S/C23H21ClN4O/c24-22-20-21(18-8-4-5-9-19(18)25-22)28(15-14-27-12-10-17(29)11-13-27)23(26-20)16-6-2-1-3-7-16/h1-9H,10-15H2. The number of imidazole rings is 1. The Labute approximate surface area is 173 Å². The zero-order valence-electron chi connectivity index (χ0n) is 16.0. The highest BCUT2D eigenvalue weighted by Gasteiger charge is 2.20. The average Bonchev–Trinajstić information content (AvgIpc) is 3.15. The maximum atomic E-state index is 11.6. The number of benzene rings is 2. The van der Waals surface area contributed by atoms with Crippen LogP contribution in [-0.2, 0) is 11.3 Å². The summed E-state index contributed by atoms with van der Waals surface area (Å²) in [4.78, 5) is 23.4. The molecule has 0 radical (unpaired) electrons. The fourth-order valence-electron chi connectivity index (χ4n) is 4.09. The summed E-state index contributed by atoms with van der Waals surface area (Å²) in [6.45, 7) is 3.30. The highest BCUT2D eigenvalue weighted by Crippen LogP contribution is 2.33. The molecule has 0 unspecified atom stereocenters. The maximum Gasteiger partial charge on any atom is 0.157 e. The van der Waals surface area contributed by atoms with Crippen molar-refractivity contribution in [1.29, 1.82) is 0 Å². The van der Waals surface area contributed by atoms with Crippen molar-refractivity contribution >= 4 is 39.3 Å². The van der Waals surface area contributed by atoms with Crippen LogP contribution >= 0.6 is 11.6 Å². The summed E-state index contributed by atoms with van der Waals surface area (Å²) in [6.07, 6.45) is 1.30. The summed E-state index contributed by atoms with van der Waals surface area (Å²) in [6, 6.07) is 18.2. The maximum absolute atomic E-state index is 11.6. The van der Waals surface area contributed by atoms with E-state index in [0.717, 1.165) is 59.5 Å². The normalized spacial score (nSPS) is 15.4. The second-order valence-electron chi connectivity index (χ2n) is 7.45. The van der Waals surface area contributed by atoms with Crippen molar-refractivity contribution in [1.82, 2.24) is 19.4 Å². The number of para-hydroxylation sites is 1. The Balaban J connectivity index is 1.65. The Kier molecular flexibility index (Phi) is 4.78. The molecule has 2 aromatic heterocycles. The molecule has 0 N–H and O–H groups in total. The van der Waals surface area contributed by atoms with E-state index >= 15 is 0 Å². The van der Waals surface area contributed by atoms with Crippen LogP contribution in [0.1, 0.15) is 12.8 Å². The topological polar surface area (TPSA) is 51.0 Å². The number of halogens is 1. The van der Waals surface area contributed by atoms with Crippen LogP contribution < -0.4 is 0 Å². The zero-order valence-corrected chi connectivity index (χ0v) is 16.8. The highest BCUT2D eigenvalue weighted by atomic mass is 35.5. The molecular formula is C23H21ClN4O. The summed E-state index contributed by atoms with van der Waals surface area (Å²) in [7, 11) is 0. The number of likely N-dealkylation sites (tertiary alicyclic amines) is 1. The van der Waals surface area contributed by atoms with E-state index in [9.17, 15) is 4.79 Å². The number of rotatable bonds is 4. The molecule has 1 fully saturated rings. The lowest BCUT2D eigenvalue weighted by molar-refractivity contribution is -0.121. The van der Waals surface area contributed by atoms with Crippen LogP contribution in [0.3, 0.4) is 0 Å². The van der Waals surface area contributed by atoms with Crippen LogP contribution in [0.25, 0.3) is 33.3 Å². The molecule has 4 aromatic rings. The predicted molar refractivity (Wildman–Crippen MR) is 116 cm³/mol. The number of ketones is 1.